The van der Waals surface area contributed by atoms with Gasteiger partial charge in [-0.2, -0.15) is 5.10 Å². The van der Waals surface area contributed by atoms with E-state index in [2.05, 4.69) is 20.2 Å². The fraction of sp³-hybridized carbons (Fsp3) is 0.455. The van der Waals surface area contributed by atoms with Crippen LogP contribution >= 0.6 is 22.9 Å². The van der Waals surface area contributed by atoms with Crippen LogP contribution in [0.2, 0.25) is 4.47 Å². The van der Waals surface area contributed by atoms with Gasteiger partial charge in [-0.1, -0.05) is 11.3 Å². The molecule has 1 saturated heterocycles. The summed E-state index contributed by atoms with van der Waals surface area (Å²) in [6.07, 6.45) is 1.69. The van der Waals surface area contributed by atoms with Crippen LogP contribution in [0.4, 0.5) is 5.69 Å². The van der Waals surface area contributed by atoms with Crippen LogP contribution in [-0.2, 0) is 11.3 Å². The lowest BCUT2D eigenvalue weighted by Gasteiger charge is -2.28. The third-order valence-electron chi connectivity index (χ3n) is 2.96. The average molecular weight is 314 g/mol. The van der Waals surface area contributed by atoms with Gasteiger partial charge in [0, 0.05) is 19.2 Å². The van der Waals surface area contributed by atoms with Gasteiger partial charge in [0.1, 0.15) is 5.01 Å². The Hall–Kier alpha value is -1.51. The number of ether oxygens (including phenoxy) is 1. The molecule has 0 unspecified atom stereocenters. The van der Waals surface area contributed by atoms with Gasteiger partial charge in [-0.25, -0.2) is 4.68 Å². The third-order valence-corrected chi connectivity index (χ3v) is 3.96. The Balaban J connectivity index is 1.78. The van der Waals surface area contributed by atoms with E-state index < -0.39 is 0 Å². The minimum atomic E-state index is -0.166. The van der Waals surface area contributed by atoms with Gasteiger partial charge in [0.2, 0.25) is 4.47 Å². The second-order valence-electron chi connectivity index (χ2n) is 4.26. The fourth-order valence-electron chi connectivity index (χ4n) is 1.96. The van der Waals surface area contributed by atoms with E-state index >= 15 is 0 Å². The molecule has 20 heavy (non-hydrogen) atoms. The molecule has 0 bridgehead atoms. The van der Waals surface area contributed by atoms with Crippen molar-refractivity contribution in [3.63, 3.8) is 0 Å². The van der Waals surface area contributed by atoms with Crippen molar-refractivity contribution in [3.05, 3.63) is 32.1 Å². The highest BCUT2D eigenvalue weighted by Gasteiger charge is 2.13. The number of anilines is 1. The summed E-state index contributed by atoms with van der Waals surface area (Å²) < 4.78 is 6.99. The summed E-state index contributed by atoms with van der Waals surface area (Å²) in [5.74, 6) is 0. The molecule has 106 valence electrons. The minimum absolute atomic E-state index is 0.166. The van der Waals surface area contributed by atoms with E-state index in [4.69, 9.17) is 16.3 Å². The highest BCUT2D eigenvalue weighted by atomic mass is 35.5. The predicted molar refractivity (Wildman–Crippen MR) is 75.6 cm³/mol. The van der Waals surface area contributed by atoms with Crippen molar-refractivity contribution in [3.8, 4) is 0 Å². The molecular weight excluding hydrogens is 302 g/mol. The molecule has 0 radical (unpaired) electrons. The second kappa shape index (κ2) is 5.86. The number of hydrogen-bond acceptors (Lipinski definition) is 7. The molecule has 2 aromatic rings. The predicted octanol–water partition coefficient (Wildman–Crippen LogP) is 0.633. The van der Waals surface area contributed by atoms with Gasteiger partial charge in [-0.05, 0) is 11.6 Å². The van der Waals surface area contributed by atoms with Crippen LogP contribution in [-0.4, -0.2) is 46.3 Å². The summed E-state index contributed by atoms with van der Waals surface area (Å²) in [5, 5.41) is 12.4. The van der Waals surface area contributed by atoms with E-state index in [-0.39, 0.29) is 12.1 Å². The lowest BCUT2D eigenvalue weighted by molar-refractivity contribution is 0.122. The fourth-order valence-corrected chi connectivity index (χ4v) is 2.81. The van der Waals surface area contributed by atoms with E-state index in [1.54, 1.807) is 12.3 Å². The maximum Gasteiger partial charge on any atom is 0.269 e. The molecule has 3 rings (SSSR count). The number of morpholine rings is 1. The summed E-state index contributed by atoms with van der Waals surface area (Å²) in [6, 6.07) is 1.58. The number of rotatable bonds is 3. The van der Waals surface area contributed by atoms with Gasteiger partial charge < -0.3 is 9.64 Å². The third kappa shape index (κ3) is 2.97. The van der Waals surface area contributed by atoms with Gasteiger partial charge in [0.25, 0.3) is 5.56 Å². The molecule has 1 fully saturated rings. The van der Waals surface area contributed by atoms with Crippen molar-refractivity contribution in [2.75, 3.05) is 31.2 Å². The van der Waals surface area contributed by atoms with Gasteiger partial charge in [0.05, 0.1) is 31.6 Å². The molecule has 3 heterocycles. The molecule has 1 aliphatic rings. The van der Waals surface area contributed by atoms with Crippen molar-refractivity contribution >= 4 is 28.6 Å². The van der Waals surface area contributed by atoms with Crippen molar-refractivity contribution in [1.29, 1.82) is 0 Å². The molecule has 7 nitrogen and oxygen atoms in total. The van der Waals surface area contributed by atoms with E-state index in [9.17, 15) is 4.79 Å². The van der Waals surface area contributed by atoms with E-state index in [1.807, 2.05) is 0 Å². The summed E-state index contributed by atoms with van der Waals surface area (Å²) in [5.41, 5.74) is 0.658. The monoisotopic (exact) mass is 313 g/mol. The quantitative estimate of drug-likeness (QED) is 0.827. The van der Waals surface area contributed by atoms with Crippen molar-refractivity contribution < 1.29 is 4.74 Å². The Morgan fingerprint density at radius 2 is 2.15 bits per heavy atom. The first kappa shape index (κ1) is 13.5. The van der Waals surface area contributed by atoms with E-state index in [0.717, 1.165) is 18.8 Å². The van der Waals surface area contributed by atoms with Gasteiger partial charge >= 0.3 is 0 Å². The van der Waals surface area contributed by atoms with Crippen LogP contribution < -0.4 is 10.5 Å². The SMILES string of the molecule is O=c1cc(N2CCOCC2)cnn1Cc1nnc(Cl)s1. The zero-order chi connectivity index (χ0) is 13.9. The molecule has 0 aliphatic carbocycles. The lowest BCUT2D eigenvalue weighted by atomic mass is 10.3. The molecular formula is C11H12ClN5O2S. The molecule has 0 amide bonds. The molecule has 0 spiro atoms. The van der Waals surface area contributed by atoms with Gasteiger partial charge in [-0.15, -0.1) is 10.2 Å². The maximum atomic E-state index is 12.1. The van der Waals surface area contributed by atoms with Crippen LogP contribution in [0.5, 0.6) is 0 Å². The van der Waals surface area contributed by atoms with Gasteiger partial charge in [0.15, 0.2) is 0 Å². The summed E-state index contributed by atoms with van der Waals surface area (Å²) in [4.78, 5) is 14.1. The topological polar surface area (TPSA) is 73.1 Å². The summed E-state index contributed by atoms with van der Waals surface area (Å²) in [7, 11) is 0. The Bertz CT molecular complexity index is 652. The van der Waals surface area contributed by atoms with Crippen LogP contribution in [0.3, 0.4) is 0 Å². The zero-order valence-electron chi connectivity index (χ0n) is 10.5. The summed E-state index contributed by atoms with van der Waals surface area (Å²) >= 11 is 6.95. The first-order valence-corrected chi connectivity index (χ1v) is 7.29. The largest absolute Gasteiger partial charge is 0.378 e. The Morgan fingerprint density at radius 1 is 1.35 bits per heavy atom. The normalized spacial score (nSPS) is 15.6. The number of hydrogen-bond donors (Lipinski definition) is 0. The van der Waals surface area contributed by atoms with E-state index in [1.165, 1.54) is 16.0 Å². The van der Waals surface area contributed by atoms with Crippen LogP contribution in [0.25, 0.3) is 0 Å². The van der Waals surface area contributed by atoms with Crippen molar-refractivity contribution in [2.45, 2.75) is 6.54 Å². The highest BCUT2D eigenvalue weighted by Crippen LogP contribution is 2.15. The first-order chi connectivity index (χ1) is 9.72. The second-order valence-corrected chi connectivity index (χ2v) is 5.90. The average Bonchev–Trinajstić information content (AvgIpc) is 2.87. The Kier molecular flexibility index (Phi) is 3.95. The zero-order valence-corrected chi connectivity index (χ0v) is 12.1. The molecule has 0 atom stereocenters. The van der Waals surface area contributed by atoms with Crippen LogP contribution in [0, 0.1) is 0 Å². The molecule has 9 heteroatoms. The number of halogens is 1. The van der Waals surface area contributed by atoms with E-state index in [0.29, 0.717) is 22.7 Å². The van der Waals surface area contributed by atoms with Crippen LogP contribution in [0.15, 0.2) is 17.1 Å². The maximum absolute atomic E-state index is 12.1. The Morgan fingerprint density at radius 3 is 2.80 bits per heavy atom. The minimum Gasteiger partial charge on any atom is -0.378 e. The molecule has 1 aliphatic heterocycles. The van der Waals surface area contributed by atoms with Gasteiger partial charge in [-0.3, -0.25) is 4.79 Å². The van der Waals surface area contributed by atoms with Crippen LogP contribution in [0.1, 0.15) is 5.01 Å². The van der Waals surface area contributed by atoms with Crippen molar-refractivity contribution in [2.24, 2.45) is 0 Å². The van der Waals surface area contributed by atoms with Crippen molar-refractivity contribution in [1.82, 2.24) is 20.0 Å². The summed E-state index contributed by atoms with van der Waals surface area (Å²) in [6.45, 7) is 3.18. The first-order valence-electron chi connectivity index (χ1n) is 6.10. The lowest BCUT2D eigenvalue weighted by Crippen LogP contribution is -2.37. The highest BCUT2D eigenvalue weighted by molar-refractivity contribution is 7.15. The Labute approximate surface area is 123 Å². The number of nitrogens with zero attached hydrogens (tertiary/aromatic N) is 5. The standard InChI is InChI=1S/C11H12ClN5O2S/c12-11-15-14-9(20-11)7-17-10(18)5-8(6-13-17)16-1-3-19-4-2-16/h5-6H,1-4,7H2. The molecule has 2 aromatic heterocycles. The smallest absolute Gasteiger partial charge is 0.269 e. The number of aromatic nitrogens is 4. The molecule has 0 aromatic carbocycles. The molecule has 0 saturated carbocycles. The molecule has 0 N–H and O–H groups in total.